The standard InChI is InChI=1S/C25H20N2O3/c1-27(16-19-13-11-18(15-26)12-14-19)25(28)24-22(17-29-20-7-3-2-4-8-20)21-9-5-6-10-23(21)30-24/h2-14H,16-17H2,1H3. The van der Waals surface area contributed by atoms with Gasteiger partial charge in [-0.2, -0.15) is 5.26 Å². The Kier molecular flexibility index (Phi) is 5.49. The molecule has 30 heavy (non-hydrogen) atoms. The van der Waals surface area contributed by atoms with Crippen molar-refractivity contribution in [1.82, 2.24) is 4.90 Å². The van der Waals surface area contributed by atoms with E-state index in [0.717, 1.165) is 22.3 Å². The Morgan fingerprint density at radius 1 is 1.00 bits per heavy atom. The fourth-order valence-electron chi connectivity index (χ4n) is 3.29. The highest BCUT2D eigenvalue weighted by Crippen LogP contribution is 2.28. The van der Waals surface area contributed by atoms with Gasteiger partial charge >= 0.3 is 0 Å². The second-order valence-electron chi connectivity index (χ2n) is 6.98. The number of fused-ring (bicyclic) bond motifs is 1. The molecule has 5 nitrogen and oxygen atoms in total. The summed E-state index contributed by atoms with van der Waals surface area (Å²) in [7, 11) is 1.73. The summed E-state index contributed by atoms with van der Waals surface area (Å²) in [5.41, 5.74) is 2.90. The van der Waals surface area contributed by atoms with Crippen LogP contribution in [0.15, 0.2) is 83.3 Å². The van der Waals surface area contributed by atoms with Gasteiger partial charge < -0.3 is 14.1 Å². The lowest BCUT2D eigenvalue weighted by atomic mass is 10.1. The van der Waals surface area contributed by atoms with Crippen molar-refractivity contribution in [3.63, 3.8) is 0 Å². The van der Waals surface area contributed by atoms with E-state index in [9.17, 15) is 4.79 Å². The van der Waals surface area contributed by atoms with Crippen LogP contribution in [-0.2, 0) is 13.2 Å². The highest BCUT2D eigenvalue weighted by Gasteiger charge is 2.24. The third-order valence-electron chi connectivity index (χ3n) is 4.87. The Hall–Kier alpha value is -4.04. The number of para-hydroxylation sites is 2. The van der Waals surface area contributed by atoms with E-state index in [2.05, 4.69) is 6.07 Å². The monoisotopic (exact) mass is 396 g/mol. The fraction of sp³-hybridized carbons (Fsp3) is 0.120. The summed E-state index contributed by atoms with van der Waals surface area (Å²) in [6.07, 6.45) is 0. The van der Waals surface area contributed by atoms with Crippen LogP contribution in [-0.4, -0.2) is 17.9 Å². The van der Waals surface area contributed by atoms with Crippen LogP contribution < -0.4 is 4.74 Å². The lowest BCUT2D eigenvalue weighted by molar-refractivity contribution is 0.0752. The Morgan fingerprint density at radius 3 is 2.43 bits per heavy atom. The molecular formula is C25H20N2O3. The number of nitrogens with zero attached hydrogens (tertiary/aromatic N) is 2. The van der Waals surface area contributed by atoms with E-state index in [4.69, 9.17) is 14.4 Å². The number of furan rings is 1. The molecule has 0 unspecified atom stereocenters. The summed E-state index contributed by atoms with van der Waals surface area (Å²) in [5.74, 6) is 0.789. The number of nitriles is 1. The molecule has 1 aromatic heterocycles. The molecule has 0 atom stereocenters. The predicted molar refractivity (Wildman–Crippen MR) is 114 cm³/mol. The fourth-order valence-corrected chi connectivity index (χ4v) is 3.29. The Balaban J connectivity index is 1.60. The van der Waals surface area contributed by atoms with Crippen LogP contribution in [0.25, 0.3) is 11.0 Å². The lowest BCUT2D eigenvalue weighted by Crippen LogP contribution is -2.26. The van der Waals surface area contributed by atoms with Crippen LogP contribution in [0, 0.1) is 11.3 Å². The molecule has 0 aliphatic rings. The minimum Gasteiger partial charge on any atom is -0.489 e. The van der Waals surface area contributed by atoms with Crippen LogP contribution in [0.3, 0.4) is 0 Å². The molecule has 0 aliphatic carbocycles. The van der Waals surface area contributed by atoms with Crippen molar-refractivity contribution < 1.29 is 13.9 Å². The number of amides is 1. The van der Waals surface area contributed by atoms with Gasteiger partial charge in [0.25, 0.3) is 5.91 Å². The molecule has 0 aliphatic heterocycles. The van der Waals surface area contributed by atoms with Crippen LogP contribution in [0.1, 0.15) is 27.2 Å². The summed E-state index contributed by atoms with van der Waals surface area (Å²) >= 11 is 0. The van der Waals surface area contributed by atoms with Gasteiger partial charge in [-0.1, -0.05) is 48.5 Å². The highest BCUT2D eigenvalue weighted by atomic mass is 16.5. The number of hydrogen-bond donors (Lipinski definition) is 0. The van der Waals surface area contributed by atoms with Crippen molar-refractivity contribution in [1.29, 1.82) is 5.26 Å². The smallest absolute Gasteiger partial charge is 0.290 e. The topological polar surface area (TPSA) is 66.5 Å². The molecule has 0 fully saturated rings. The van der Waals surface area contributed by atoms with E-state index in [1.54, 1.807) is 24.1 Å². The zero-order valence-electron chi connectivity index (χ0n) is 16.5. The van der Waals surface area contributed by atoms with Crippen LogP contribution in [0.5, 0.6) is 5.75 Å². The molecule has 1 amide bonds. The number of hydrogen-bond acceptors (Lipinski definition) is 4. The van der Waals surface area contributed by atoms with Crippen molar-refractivity contribution >= 4 is 16.9 Å². The van der Waals surface area contributed by atoms with E-state index in [-0.39, 0.29) is 18.3 Å². The molecule has 4 aromatic rings. The quantitative estimate of drug-likeness (QED) is 0.452. The van der Waals surface area contributed by atoms with Gasteiger partial charge in [-0.3, -0.25) is 4.79 Å². The SMILES string of the molecule is CN(Cc1ccc(C#N)cc1)C(=O)c1oc2ccccc2c1COc1ccccc1. The summed E-state index contributed by atoms with van der Waals surface area (Å²) in [5, 5.41) is 9.81. The zero-order chi connectivity index (χ0) is 20.9. The first-order valence-electron chi connectivity index (χ1n) is 9.58. The molecule has 0 radical (unpaired) electrons. The molecule has 0 N–H and O–H groups in total. The highest BCUT2D eigenvalue weighted by molar-refractivity contribution is 5.99. The molecule has 4 rings (SSSR count). The van der Waals surface area contributed by atoms with Crippen molar-refractivity contribution in [3.8, 4) is 11.8 Å². The summed E-state index contributed by atoms with van der Waals surface area (Å²) in [4.78, 5) is 14.8. The summed E-state index contributed by atoms with van der Waals surface area (Å²) in [6.45, 7) is 0.632. The van der Waals surface area contributed by atoms with Crippen molar-refractivity contribution in [2.45, 2.75) is 13.2 Å². The molecular weight excluding hydrogens is 376 g/mol. The molecule has 0 saturated carbocycles. The Bertz CT molecular complexity index is 1200. The largest absolute Gasteiger partial charge is 0.489 e. The molecule has 1 heterocycles. The summed E-state index contributed by atoms with van der Waals surface area (Å²) in [6, 6.07) is 26.3. The van der Waals surface area contributed by atoms with E-state index in [1.807, 2.05) is 66.7 Å². The van der Waals surface area contributed by atoms with Crippen molar-refractivity contribution in [3.05, 3.63) is 101 Å². The number of carbonyl (C=O) groups excluding carboxylic acids is 1. The maximum Gasteiger partial charge on any atom is 0.290 e. The maximum absolute atomic E-state index is 13.2. The van der Waals surface area contributed by atoms with Crippen LogP contribution in [0.4, 0.5) is 0 Å². The first kappa shape index (κ1) is 19.3. The molecule has 5 heteroatoms. The van der Waals surface area contributed by atoms with Gasteiger partial charge in [-0.25, -0.2) is 0 Å². The third kappa shape index (κ3) is 4.03. The minimum atomic E-state index is -0.220. The van der Waals surface area contributed by atoms with Gasteiger partial charge in [0, 0.05) is 24.5 Å². The first-order valence-corrected chi connectivity index (χ1v) is 9.58. The van der Waals surface area contributed by atoms with Gasteiger partial charge in [-0.05, 0) is 35.9 Å². The van der Waals surface area contributed by atoms with Gasteiger partial charge in [0.15, 0.2) is 5.76 Å². The van der Waals surface area contributed by atoms with E-state index >= 15 is 0 Å². The molecule has 148 valence electrons. The molecule has 0 spiro atoms. The summed E-state index contributed by atoms with van der Waals surface area (Å²) < 4.78 is 11.8. The van der Waals surface area contributed by atoms with Gasteiger partial charge in [-0.15, -0.1) is 0 Å². The normalized spacial score (nSPS) is 10.5. The predicted octanol–water partition coefficient (Wildman–Crippen LogP) is 5.16. The second kappa shape index (κ2) is 8.54. The molecule has 3 aromatic carbocycles. The Labute approximate surface area is 174 Å². The maximum atomic E-state index is 13.2. The average Bonchev–Trinajstić information content (AvgIpc) is 3.17. The van der Waals surface area contributed by atoms with Crippen molar-refractivity contribution in [2.75, 3.05) is 7.05 Å². The van der Waals surface area contributed by atoms with E-state index in [1.165, 1.54) is 0 Å². The number of rotatable bonds is 6. The number of benzene rings is 3. The Morgan fingerprint density at radius 2 is 1.70 bits per heavy atom. The zero-order valence-corrected chi connectivity index (χ0v) is 16.5. The first-order chi connectivity index (χ1) is 14.7. The van der Waals surface area contributed by atoms with Gasteiger partial charge in [0.05, 0.1) is 11.6 Å². The van der Waals surface area contributed by atoms with Crippen LogP contribution in [0.2, 0.25) is 0 Å². The van der Waals surface area contributed by atoms with Crippen molar-refractivity contribution in [2.24, 2.45) is 0 Å². The minimum absolute atomic E-state index is 0.220. The van der Waals surface area contributed by atoms with Gasteiger partial charge in [0.1, 0.15) is 17.9 Å². The average molecular weight is 396 g/mol. The molecule has 0 bridgehead atoms. The second-order valence-corrected chi connectivity index (χ2v) is 6.98. The number of ether oxygens (including phenoxy) is 1. The van der Waals surface area contributed by atoms with E-state index < -0.39 is 0 Å². The lowest BCUT2D eigenvalue weighted by Gasteiger charge is -2.17. The molecule has 0 saturated heterocycles. The van der Waals surface area contributed by atoms with E-state index in [0.29, 0.717) is 17.7 Å². The third-order valence-corrected chi connectivity index (χ3v) is 4.87. The van der Waals surface area contributed by atoms with Crippen LogP contribution >= 0.6 is 0 Å². The number of carbonyl (C=O) groups is 1. The van der Waals surface area contributed by atoms with Gasteiger partial charge in [0.2, 0.25) is 0 Å².